The summed E-state index contributed by atoms with van der Waals surface area (Å²) in [4.78, 5) is 27.3. The molecule has 3 aromatic rings. The summed E-state index contributed by atoms with van der Waals surface area (Å²) in [6.45, 7) is 0. The number of anilines is 1. The van der Waals surface area contributed by atoms with E-state index < -0.39 is 11.9 Å². The third kappa shape index (κ3) is 4.39. The zero-order valence-electron chi connectivity index (χ0n) is 20.7. The third-order valence-electron chi connectivity index (χ3n) is 7.74. The lowest BCUT2D eigenvalue weighted by molar-refractivity contribution is 0.0202. The maximum Gasteiger partial charge on any atom is 0.344 e. The molecule has 10 heteroatoms. The largest absolute Gasteiger partial charge is 0.495 e. The molecule has 1 saturated carbocycles. The van der Waals surface area contributed by atoms with Crippen LogP contribution in [-0.2, 0) is 4.74 Å². The summed E-state index contributed by atoms with van der Waals surface area (Å²) in [6, 6.07) is 10.4. The van der Waals surface area contributed by atoms with Crippen molar-refractivity contribution in [3.05, 3.63) is 63.3 Å². The van der Waals surface area contributed by atoms with Crippen molar-refractivity contribution in [2.24, 2.45) is 0 Å². The van der Waals surface area contributed by atoms with Gasteiger partial charge in [0.15, 0.2) is 5.76 Å². The molecule has 1 aromatic heterocycles. The number of halogens is 2. The SMILES string of the molecule is COc1cc(C(=O)O)ccc1N1[C@@H]2CC[C@H]1C[C@@H](OC(=O)c1c(-c3c(Cl)cccc3Cl)noc1C1CC1)C2. The molecule has 2 aromatic carbocycles. The molecule has 0 radical (unpaired) electrons. The van der Waals surface area contributed by atoms with Crippen molar-refractivity contribution in [3.63, 3.8) is 0 Å². The quantitative estimate of drug-likeness (QED) is 0.325. The van der Waals surface area contributed by atoms with Crippen LogP contribution in [0, 0.1) is 0 Å². The topological polar surface area (TPSA) is 102 Å². The van der Waals surface area contributed by atoms with E-state index in [9.17, 15) is 14.7 Å². The molecule has 0 unspecified atom stereocenters. The minimum atomic E-state index is -1.000. The Bertz CT molecular complexity index is 1380. The van der Waals surface area contributed by atoms with Gasteiger partial charge in [0.2, 0.25) is 0 Å². The molecule has 1 aliphatic carbocycles. The normalized spacial score (nSPS) is 22.4. The van der Waals surface area contributed by atoms with Crippen LogP contribution in [0.5, 0.6) is 5.75 Å². The van der Waals surface area contributed by atoms with E-state index in [1.165, 1.54) is 0 Å². The average molecular weight is 557 g/mol. The Labute approximate surface area is 229 Å². The predicted molar refractivity (Wildman–Crippen MR) is 142 cm³/mol. The smallest absolute Gasteiger partial charge is 0.344 e. The molecule has 6 rings (SSSR count). The second-order valence-corrected chi connectivity index (χ2v) is 10.9. The van der Waals surface area contributed by atoms with Gasteiger partial charge in [0.05, 0.1) is 28.4 Å². The van der Waals surface area contributed by atoms with Crippen molar-refractivity contribution in [1.29, 1.82) is 0 Å². The fourth-order valence-electron chi connectivity index (χ4n) is 5.87. The second-order valence-electron chi connectivity index (χ2n) is 10.1. The molecule has 2 bridgehead atoms. The third-order valence-corrected chi connectivity index (χ3v) is 8.37. The number of ether oxygens (including phenoxy) is 2. The number of aromatic carboxylic acids is 1. The first kappa shape index (κ1) is 25.1. The van der Waals surface area contributed by atoms with Crippen LogP contribution in [0.4, 0.5) is 5.69 Å². The Kier molecular flexibility index (Phi) is 6.48. The number of aromatic nitrogens is 1. The van der Waals surface area contributed by atoms with Gasteiger partial charge in [-0.05, 0) is 56.0 Å². The number of carbonyl (C=O) groups is 2. The fourth-order valence-corrected chi connectivity index (χ4v) is 6.45. The van der Waals surface area contributed by atoms with Crippen molar-refractivity contribution in [2.45, 2.75) is 62.6 Å². The van der Waals surface area contributed by atoms with Gasteiger partial charge in [-0.1, -0.05) is 34.4 Å². The number of carbonyl (C=O) groups excluding carboxylic acids is 1. The minimum Gasteiger partial charge on any atom is -0.495 e. The van der Waals surface area contributed by atoms with Gasteiger partial charge >= 0.3 is 11.9 Å². The van der Waals surface area contributed by atoms with Gasteiger partial charge in [0.1, 0.15) is 23.1 Å². The van der Waals surface area contributed by atoms with E-state index in [0.717, 1.165) is 31.4 Å². The molecular weight excluding hydrogens is 531 g/mol. The summed E-state index contributed by atoms with van der Waals surface area (Å²) in [6.07, 6.45) is 4.77. The van der Waals surface area contributed by atoms with Gasteiger partial charge in [-0.25, -0.2) is 9.59 Å². The zero-order chi connectivity index (χ0) is 26.6. The number of benzene rings is 2. The Balaban J connectivity index is 1.25. The molecule has 1 N–H and O–H groups in total. The first-order valence-electron chi connectivity index (χ1n) is 12.7. The predicted octanol–water partition coefficient (Wildman–Crippen LogP) is 6.59. The summed E-state index contributed by atoms with van der Waals surface area (Å²) < 4.78 is 17.3. The van der Waals surface area contributed by atoms with E-state index in [1.54, 1.807) is 43.5 Å². The molecule has 0 spiro atoms. The van der Waals surface area contributed by atoms with Crippen molar-refractivity contribution in [2.75, 3.05) is 12.0 Å². The molecule has 38 heavy (non-hydrogen) atoms. The van der Waals surface area contributed by atoms with Crippen LogP contribution < -0.4 is 9.64 Å². The number of carboxylic acid groups (broad SMARTS) is 1. The van der Waals surface area contributed by atoms with Crippen LogP contribution in [-0.4, -0.2) is 47.5 Å². The number of carboxylic acids is 1. The van der Waals surface area contributed by atoms with Crippen LogP contribution in [0.3, 0.4) is 0 Å². The van der Waals surface area contributed by atoms with Gasteiger partial charge in [0, 0.05) is 36.4 Å². The molecule has 3 fully saturated rings. The van der Waals surface area contributed by atoms with Crippen LogP contribution in [0.1, 0.15) is 70.9 Å². The van der Waals surface area contributed by atoms with Crippen LogP contribution in [0.15, 0.2) is 40.9 Å². The monoisotopic (exact) mass is 556 g/mol. The van der Waals surface area contributed by atoms with Crippen LogP contribution in [0.2, 0.25) is 10.0 Å². The summed E-state index contributed by atoms with van der Waals surface area (Å²) in [7, 11) is 1.54. The number of rotatable bonds is 7. The number of methoxy groups -OCH3 is 1. The molecule has 8 nitrogen and oxygen atoms in total. The summed E-state index contributed by atoms with van der Waals surface area (Å²) in [5, 5.41) is 14.3. The van der Waals surface area contributed by atoms with Gasteiger partial charge in [-0.3, -0.25) is 0 Å². The lowest BCUT2D eigenvalue weighted by Crippen LogP contribution is -2.46. The molecule has 2 saturated heterocycles. The van der Waals surface area contributed by atoms with Crippen molar-refractivity contribution >= 4 is 40.8 Å². The van der Waals surface area contributed by atoms with E-state index in [4.69, 9.17) is 37.2 Å². The molecular formula is C28H26Cl2N2O6. The highest BCUT2D eigenvalue weighted by atomic mass is 35.5. The highest BCUT2D eigenvalue weighted by Gasteiger charge is 2.44. The first-order chi connectivity index (χ1) is 18.4. The Hall–Kier alpha value is -3.23. The molecule has 3 heterocycles. The second kappa shape index (κ2) is 9.82. The Morgan fingerprint density at radius 2 is 1.74 bits per heavy atom. The molecule has 3 atom stereocenters. The molecule has 198 valence electrons. The molecule has 3 aliphatic rings. The number of piperidine rings is 1. The highest BCUT2D eigenvalue weighted by Crippen LogP contribution is 2.47. The minimum absolute atomic E-state index is 0.138. The van der Waals surface area contributed by atoms with E-state index in [1.807, 2.05) is 0 Å². The van der Waals surface area contributed by atoms with Crippen molar-refractivity contribution in [3.8, 4) is 17.0 Å². The lowest BCUT2D eigenvalue weighted by Gasteiger charge is -2.40. The van der Waals surface area contributed by atoms with Crippen LogP contribution in [0.25, 0.3) is 11.3 Å². The maximum atomic E-state index is 13.6. The Morgan fingerprint density at radius 3 is 2.34 bits per heavy atom. The number of nitrogens with zero attached hydrogens (tertiary/aromatic N) is 2. The molecule has 2 aliphatic heterocycles. The number of hydrogen-bond acceptors (Lipinski definition) is 7. The standard InChI is InChI=1S/C28H26Cl2N2O6/c1-36-22-11-15(27(33)34)7-10-21(22)32-16-8-9-17(32)13-18(12-16)37-28(35)24-25(31-38-26(24)14-5-6-14)23-19(29)3-2-4-20(23)30/h2-4,7,10-11,14,16-18H,5-6,8-9,12-13H2,1H3,(H,33,34)/t16-,17+,18+. The number of fused-ring (bicyclic) bond motifs is 2. The van der Waals surface area contributed by atoms with E-state index >= 15 is 0 Å². The van der Waals surface area contributed by atoms with Gasteiger partial charge in [-0.2, -0.15) is 0 Å². The summed E-state index contributed by atoms with van der Waals surface area (Å²) in [5.41, 5.74) is 2.13. The summed E-state index contributed by atoms with van der Waals surface area (Å²) >= 11 is 12.9. The van der Waals surface area contributed by atoms with E-state index in [-0.39, 0.29) is 29.7 Å². The van der Waals surface area contributed by atoms with E-state index in [2.05, 4.69) is 10.1 Å². The van der Waals surface area contributed by atoms with Crippen molar-refractivity contribution in [1.82, 2.24) is 5.16 Å². The van der Waals surface area contributed by atoms with Gasteiger partial charge < -0.3 is 24.0 Å². The van der Waals surface area contributed by atoms with E-state index in [0.29, 0.717) is 51.2 Å². The fraction of sp³-hybridized carbons (Fsp3) is 0.393. The average Bonchev–Trinajstić information content (AvgIpc) is 3.59. The maximum absolute atomic E-state index is 13.6. The summed E-state index contributed by atoms with van der Waals surface area (Å²) in [5.74, 6) is -0.276. The zero-order valence-corrected chi connectivity index (χ0v) is 22.2. The van der Waals surface area contributed by atoms with Gasteiger partial charge in [-0.15, -0.1) is 0 Å². The number of esters is 1. The van der Waals surface area contributed by atoms with Gasteiger partial charge in [0.25, 0.3) is 0 Å². The number of hydrogen-bond donors (Lipinski definition) is 1. The van der Waals surface area contributed by atoms with Crippen molar-refractivity contribution < 1.29 is 28.7 Å². The van der Waals surface area contributed by atoms with Crippen LogP contribution >= 0.6 is 23.2 Å². The highest BCUT2D eigenvalue weighted by molar-refractivity contribution is 6.39. The Morgan fingerprint density at radius 1 is 1.05 bits per heavy atom. The molecule has 0 amide bonds. The lowest BCUT2D eigenvalue weighted by atomic mass is 9.97. The first-order valence-corrected chi connectivity index (χ1v) is 13.5.